The van der Waals surface area contributed by atoms with Crippen molar-refractivity contribution in [2.45, 2.75) is 52.0 Å². The van der Waals surface area contributed by atoms with Crippen LogP contribution in [0.4, 0.5) is 0 Å². The van der Waals surface area contributed by atoms with E-state index in [1.807, 2.05) is 0 Å². The first-order chi connectivity index (χ1) is 7.72. The number of methoxy groups -OCH3 is 1. The lowest BCUT2D eigenvalue weighted by Gasteiger charge is -2.22. The standard InChI is InChI=1S/C14H27NO/c1-12(2)15-9-5-8-13-6-4-7-14(10-13)11-16-3/h7,12-13,15H,4-6,8-11H2,1-3H3/t13-/m1/s1. The number of hydrogen-bond acceptors (Lipinski definition) is 2. The molecule has 1 aliphatic carbocycles. The van der Waals surface area contributed by atoms with Crippen molar-refractivity contribution in [2.75, 3.05) is 20.3 Å². The van der Waals surface area contributed by atoms with Crippen LogP contribution in [0.3, 0.4) is 0 Å². The number of hydrogen-bond donors (Lipinski definition) is 1. The molecule has 0 bridgehead atoms. The first-order valence-corrected chi connectivity index (χ1v) is 6.62. The third kappa shape index (κ3) is 5.66. The van der Waals surface area contributed by atoms with Crippen LogP contribution in [0.25, 0.3) is 0 Å². The molecule has 0 heterocycles. The van der Waals surface area contributed by atoms with Crippen molar-refractivity contribution >= 4 is 0 Å². The van der Waals surface area contributed by atoms with E-state index in [-0.39, 0.29) is 0 Å². The van der Waals surface area contributed by atoms with E-state index in [9.17, 15) is 0 Å². The lowest BCUT2D eigenvalue weighted by Crippen LogP contribution is -2.24. The van der Waals surface area contributed by atoms with Crippen LogP contribution < -0.4 is 5.32 Å². The molecule has 2 nitrogen and oxygen atoms in total. The SMILES string of the molecule is COCC1=CCC[C@H](CCCNC(C)C)C1. The van der Waals surface area contributed by atoms with Gasteiger partial charge >= 0.3 is 0 Å². The van der Waals surface area contributed by atoms with Crippen LogP contribution in [0, 0.1) is 5.92 Å². The summed E-state index contributed by atoms with van der Waals surface area (Å²) in [6, 6.07) is 0.621. The Kier molecular flexibility index (Phi) is 6.74. The quantitative estimate of drug-likeness (QED) is 0.531. The van der Waals surface area contributed by atoms with Crippen molar-refractivity contribution in [2.24, 2.45) is 5.92 Å². The Labute approximate surface area is 100 Å². The van der Waals surface area contributed by atoms with Gasteiger partial charge in [-0.2, -0.15) is 0 Å². The van der Waals surface area contributed by atoms with Crippen LogP contribution in [0.15, 0.2) is 11.6 Å². The first-order valence-electron chi connectivity index (χ1n) is 6.62. The van der Waals surface area contributed by atoms with Gasteiger partial charge in [-0.1, -0.05) is 19.9 Å². The fraction of sp³-hybridized carbons (Fsp3) is 0.857. The largest absolute Gasteiger partial charge is 0.380 e. The Morgan fingerprint density at radius 1 is 1.50 bits per heavy atom. The van der Waals surface area contributed by atoms with E-state index in [0.29, 0.717) is 6.04 Å². The van der Waals surface area contributed by atoms with Crippen molar-refractivity contribution in [1.29, 1.82) is 0 Å². The molecule has 0 amide bonds. The van der Waals surface area contributed by atoms with Crippen LogP contribution in [0.1, 0.15) is 46.0 Å². The van der Waals surface area contributed by atoms with Gasteiger partial charge in [-0.15, -0.1) is 0 Å². The Balaban J connectivity index is 2.12. The zero-order chi connectivity index (χ0) is 11.8. The van der Waals surface area contributed by atoms with Gasteiger partial charge in [0.2, 0.25) is 0 Å². The second-order valence-corrected chi connectivity index (χ2v) is 5.19. The van der Waals surface area contributed by atoms with E-state index in [4.69, 9.17) is 4.74 Å². The van der Waals surface area contributed by atoms with E-state index >= 15 is 0 Å². The fourth-order valence-corrected chi connectivity index (χ4v) is 2.41. The molecular weight excluding hydrogens is 198 g/mol. The number of ether oxygens (including phenoxy) is 1. The molecule has 0 aromatic heterocycles. The molecule has 0 aromatic rings. The smallest absolute Gasteiger partial charge is 0.0673 e. The van der Waals surface area contributed by atoms with Gasteiger partial charge in [-0.3, -0.25) is 0 Å². The molecule has 0 spiro atoms. The minimum atomic E-state index is 0.621. The van der Waals surface area contributed by atoms with Crippen molar-refractivity contribution < 1.29 is 4.74 Å². The predicted octanol–water partition coefficient (Wildman–Crippen LogP) is 3.14. The molecule has 0 aromatic carbocycles. The topological polar surface area (TPSA) is 21.3 Å². The van der Waals surface area contributed by atoms with Crippen LogP contribution in [-0.4, -0.2) is 26.3 Å². The highest BCUT2D eigenvalue weighted by atomic mass is 16.5. The summed E-state index contributed by atoms with van der Waals surface area (Å²) < 4.78 is 5.21. The Morgan fingerprint density at radius 2 is 2.31 bits per heavy atom. The molecule has 0 saturated heterocycles. The molecule has 1 atom stereocenters. The maximum absolute atomic E-state index is 5.21. The third-order valence-electron chi connectivity index (χ3n) is 3.23. The van der Waals surface area contributed by atoms with E-state index in [1.54, 1.807) is 7.11 Å². The molecule has 0 saturated carbocycles. The Hall–Kier alpha value is -0.340. The lowest BCUT2D eigenvalue weighted by atomic mass is 9.86. The summed E-state index contributed by atoms with van der Waals surface area (Å²) in [5, 5.41) is 3.48. The molecule has 0 radical (unpaired) electrons. The number of nitrogens with one attached hydrogen (secondary N) is 1. The van der Waals surface area contributed by atoms with Crippen LogP contribution >= 0.6 is 0 Å². The zero-order valence-electron chi connectivity index (χ0n) is 11.1. The maximum atomic E-state index is 5.21. The second kappa shape index (κ2) is 7.86. The van der Waals surface area contributed by atoms with Crippen LogP contribution in [0.2, 0.25) is 0 Å². The highest BCUT2D eigenvalue weighted by molar-refractivity contribution is 5.07. The summed E-state index contributed by atoms with van der Waals surface area (Å²) in [6.45, 7) is 6.41. The van der Waals surface area contributed by atoms with E-state index < -0.39 is 0 Å². The molecule has 0 unspecified atom stereocenters. The van der Waals surface area contributed by atoms with Gasteiger partial charge in [0.15, 0.2) is 0 Å². The van der Waals surface area contributed by atoms with Crippen molar-refractivity contribution in [3.05, 3.63) is 11.6 Å². The molecule has 0 aliphatic heterocycles. The normalized spacial score (nSPS) is 21.2. The van der Waals surface area contributed by atoms with Crippen LogP contribution in [-0.2, 0) is 4.74 Å². The van der Waals surface area contributed by atoms with Gasteiger partial charge in [0.1, 0.15) is 0 Å². The fourth-order valence-electron chi connectivity index (χ4n) is 2.41. The number of allylic oxidation sites excluding steroid dienone is 1. The minimum absolute atomic E-state index is 0.621. The van der Waals surface area contributed by atoms with Gasteiger partial charge in [-0.05, 0) is 50.1 Å². The van der Waals surface area contributed by atoms with Gasteiger partial charge in [0.05, 0.1) is 6.61 Å². The lowest BCUT2D eigenvalue weighted by molar-refractivity contribution is 0.216. The number of rotatable bonds is 7. The van der Waals surface area contributed by atoms with Crippen LogP contribution in [0.5, 0.6) is 0 Å². The molecule has 1 aliphatic rings. The van der Waals surface area contributed by atoms with Gasteiger partial charge in [0.25, 0.3) is 0 Å². The van der Waals surface area contributed by atoms with Crippen molar-refractivity contribution in [3.63, 3.8) is 0 Å². The summed E-state index contributed by atoms with van der Waals surface area (Å²) in [6.07, 6.45) is 8.92. The molecular formula is C14H27NO. The van der Waals surface area contributed by atoms with E-state index in [0.717, 1.165) is 19.1 Å². The predicted molar refractivity (Wildman–Crippen MR) is 69.7 cm³/mol. The van der Waals surface area contributed by atoms with E-state index in [2.05, 4.69) is 25.2 Å². The Bertz CT molecular complexity index is 211. The molecule has 16 heavy (non-hydrogen) atoms. The average Bonchev–Trinajstić information content (AvgIpc) is 2.25. The highest BCUT2D eigenvalue weighted by Crippen LogP contribution is 2.27. The molecule has 1 rings (SSSR count). The van der Waals surface area contributed by atoms with Crippen molar-refractivity contribution in [3.8, 4) is 0 Å². The molecule has 94 valence electrons. The summed E-state index contributed by atoms with van der Waals surface area (Å²) in [4.78, 5) is 0. The first kappa shape index (κ1) is 13.7. The van der Waals surface area contributed by atoms with Gasteiger partial charge in [-0.25, -0.2) is 0 Å². The second-order valence-electron chi connectivity index (χ2n) is 5.19. The maximum Gasteiger partial charge on any atom is 0.0673 e. The van der Waals surface area contributed by atoms with Gasteiger partial charge in [0, 0.05) is 13.2 Å². The molecule has 1 N–H and O–H groups in total. The minimum Gasteiger partial charge on any atom is -0.380 e. The highest BCUT2D eigenvalue weighted by Gasteiger charge is 2.14. The van der Waals surface area contributed by atoms with Crippen molar-refractivity contribution in [1.82, 2.24) is 5.32 Å². The summed E-state index contributed by atoms with van der Waals surface area (Å²) >= 11 is 0. The molecule has 0 fully saturated rings. The summed E-state index contributed by atoms with van der Waals surface area (Å²) in [7, 11) is 1.79. The Morgan fingerprint density at radius 3 is 3.00 bits per heavy atom. The third-order valence-corrected chi connectivity index (χ3v) is 3.23. The summed E-state index contributed by atoms with van der Waals surface area (Å²) in [5.74, 6) is 0.893. The molecule has 2 heteroatoms. The monoisotopic (exact) mass is 225 g/mol. The zero-order valence-corrected chi connectivity index (χ0v) is 11.1. The average molecular weight is 225 g/mol. The van der Waals surface area contributed by atoms with E-state index in [1.165, 1.54) is 37.7 Å². The van der Waals surface area contributed by atoms with Gasteiger partial charge < -0.3 is 10.1 Å². The summed E-state index contributed by atoms with van der Waals surface area (Å²) in [5.41, 5.74) is 1.51.